The first-order chi connectivity index (χ1) is 13.1. The fraction of sp³-hybridized carbons (Fsp3) is 0.478. The van der Waals surface area contributed by atoms with Crippen LogP contribution in [0.25, 0.3) is 11.1 Å². The number of hydrogen-bond acceptors (Lipinski definition) is 4. The van der Waals surface area contributed by atoms with Gasteiger partial charge >= 0.3 is 0 Å². The second kappa shape index (κ2) is 8.39. The Labute approximate surface area is 166 Å². The van der Waals surface area contributed by atoms with Crippen LogP contribution in [-0.2, 0) is 12.8 Å². The molecule has 28 heavy (non-hydrogen) atoms. The molecule has 1 aliphatic carbocycles. The number of nitrogens with zero attached hydrogens (tertiary/aromatic N) is 1. The monoisotopic (exact) mass is 387 g/mol. The molecular weight excluding hydrogens is 357 g/mol. The Morgan fingerprint density at radius 2 is 2.04 bits per heavy atom. The fourth-order valence-corrected chi connectivity index (χ4v) is 4.51. The molecule has 0 unspecified atom stereocenters. The molecule has 1 heterocycles. The van der Waals surface area contributed by atoms with Crippen LogP contribution in [0, 0.1) is 0 Å². The second-order valence-corrected chi connectivity index (χ2v) is 7.41. The highest BCUT2D eigenvalue weighted by Gasteiger charge is 2.36. The number of aromatic hydroxyl groups is 2. The zero-order valence-electron chi connectivity index (χ0n) is 15.7. The topological polar surface area (TPSA) is 52.9 Å². The molecule has 2 aliphatic rings. The van der Waals surface area contributed by atoms with Gasteiger partial charge in [-0.3, -0.25) is 9.29 Å². The number of alkyl halides is 1. The van der Waals surface area contributed by atoms with Crippen molar-refractivity contribution in [2.45, 2.75) is 46.1 Å². The normalized spacial score (nSPS) is 17.4. The van der Waals surface area contributed by atoms with E-state index >= 15 is 0 Å². The first-order valence-corrected chi connectivity index (χ1v) is 9.77. The molecule has 0 aromatic heterocycles. The zero-order chi connectivity index (χ0) is 19.0. The van der Waals surface area contributed by atoms with Crippen molar-refractivity contribution in [3.8, 4) is 28.4 Å². The van der Waals surface area contributed by atoms with Gasteiger partial charge in [0.05, 0.1) is 13.3 Å². The van der Waals surface area contributed by atoms with Crippen molar-refractivity contribution < 1.29 is 19.3 Å². The quantitative estimate of drug-likeness (QED) is 0.541. The summed E-state index contributed by atoms with van der Waals surface area (Å²) in [5.41, 5.74) is 5.15. The predicted molar refractivity (Wildman–Crippen MR) is 110 cm³/mol. The van der Waals surface area contributed by atoms with Crippen LogP contribution < -0.4 is 4.74 Å². The number of benzene rings is 2. The summed E-state index contributed by atoms with van der Waals surface area (Å²) < 4.78 is 18.2. The van der Waals surface area contributed by atoms with E-state index in [0.29, 0.717) is 24.3 Å². The Hall–Kier alpha value is -2.27. The third-order valence-electron chi connectivity index (χ3n) is 5.66. The minimum absolute atomic E-state index is 0. The van der Waals surface area contributed by atoms with Gasteiger partial charge in [-0.2, -0.15) is 0 Å². The number of rotatable bonds is 6. The number of fused-ring (bicyclic) bond motifs is 2. The number of hydrogen-bond donors (Lipinski definition) is 2. The van der Waals surface area contributed by atoms with Crippen LogP contribution in [-0.4, -0.2) is 41.5 Å². The number of phenolic OH excluding ortho intramolecular Hbond substituents is 2. The molecule has 0 amide bonds. The summed E-state index contributed by atoms with van der Waals surface area (Å²) in [4.78, 5) is 2.52. The van der Waals surface area contributed by atoms with Crippen molar-refractivity contribution in [1.29, 1.82) is 0 Å². The van der Waals surface area contributed by atoms with Gasteiger partial charge in [0, 0.05) is 24.6 Å². The zero-order valence-corrected chi connectivity index (χ0v) is 15.7. The maximum atomic E-state index is 12.4. The third-order valence-corrected chi connectivity index (χ3v) is 5.66. The molecule has 2 aromatic carbocycles. The Morgan fingerprint density at radius 3 is 2.79 bits per heavy atom. The van der Waals surface area contributed by atoms with Gasteiger partial charge in [-0.25, -0.2) is 0 Å². The summed E-state index contributed by atoms with van der Waals surface area (Å²) in [6, 6.07) is 7.76. The maximum absolute atomic E-state index is 12.4. The summed E-state index contributed by atoms with van der Waals surface area (Å²) in [5, 5.41) is 20.6. The number of halogens is 1. The van der Waals surface area contributed by atoms with Crippen molar-refractivity contribution in [2.24, 2.45) is 0 Å². The van der Waals surface area contributed by atoms with E-state index in [1.807, 2.05) is 12.1 Å². The molecule has 0 fully saturated rings. The van der Waals surface area contributed by atoms with Crippen LogP contribution in [0.15, 0.2) is 24.3 Å². The van der Waals surface area contributed by atoms with Gasteiger partial charge in [0.15, 0.2) is 11.5 Å². The van der Waals surface area contributed by atoms with Gasteiger partial charge in [0.2, 0.25) is 0 Å². The number of phenols is 2. The van der Waals surface area contributed by atoms with Crippen molar-refractivity contribution in [3.63, 3.8) is 0 Å². The fourth-order valence-electron chi connectivity index (χ4n) is 4.51. The molecule has 1 aliphatic heterocycles. The molecule has 152 valence electrons. The summed E-state index contributed by atoms with van der Waals surface area (Å²) in [5.74, 6) is 0.531. The highest BCUT2D eigenvalue weighted by Crippen LogP contribution is 2.51. The van der Waals surface area contributed by atoms with Gasteiger partial charge in [0.1, 0.15) is 5.75 Å². The van der Waals surface area contributed by atoms with E-state index in [1.54, 1.807) is 6.07 Å². The molecule has 0 saturated carbocycles. The molecule has 0 spiro atoms. The van der Waals surface area contributed by atoms with Gasteiger partial charge in [0.25, 0.3) is 0 Å². The lowest BCUT2D eigenvalue weighted by atomic mass is 9.76. The predicted octanol–water partition coefficient (Wildman–Crippen LogP) is 5.00. The standard InChI is InChI=1S/C22H26FNO3.CH4/c1-2-8-24-9-6-15-11-16(27-10-3-7-23)13-17-20(15)18(24)12-14-4-5-19(25)22(26)21(14)17;/h4-5,11,13,18,25-26H,2-3,6-10,12H2,1H3;1H4/t18-;/m1./s1. The molecule has 4 nitrogen and oxygen atoms in total. The molecular formula is C23H30FNO3. The Balaban J connectivity index is 0.00000225. The van der Waals surface area contributed by atoms with Gasteiger partial charge < -0.3 is 14.9 Å². The van der Waals surface area contributed by atoms with Crippen LogP contribution in [0.5, 0.6) is 17.2 Å². The highest BCUT2D eigenvalue weighted by atomic mass is 19.1. The molecule has 5 heteroatoms. The first kappa shape index (κ1) is 20.5. The summed E-state index contributed by atoms with van der Waals surface area (Å²) in [6.45, 7) is 4.16. The highest BCUT2D eigenvalue weighted by molar-refractivity contribution is 5.83. The minimum atomic E-state index is -0.399. The van der Waals surface area contributed by atoms with Crippen molar-refractivity contribution >= 4 is 0 Å². The van der Waals surface area contributed by atoms with Crippen LogP contribution >= 0.6 is 0 Å². The summed E-state index contributed by atoms with van der Waals surface area (Å²) in [7, 11) is 0. The van der Waals surface area contributed by atoms with Crippen LogP contribution in [0.3, 0.4) is 0 Å². The van der Waals surface area contributed by atoms with E-state index in [1.165, 1.54) is 11.1 Å². The number of ether oxygens (including phenoxy) is 1. The molecule has 1 atom stereocenters. The third kappa shape index (κ3) is 3.44. The Bertz CT molecular complexity index is 852. The largest absolute Gasteiger partial charge is 0.504 e. The summed E-state index contributed by atoms with van der Waals surface area (Å²) in [6.07, 6.45) is 3.21. The van der Waals surface area contributed by atoms with Crippen LogP contribution in [0.4, 0.5) is 4.39 Å². The summed E-state index contributed by atoms with van der Waals surface area (Å²) >= 11 is 0. The Kier molecular flexibility index (Phi) is 6.14. The van der Waals surface area contributed by atoms with Gasteiger partial charge in [-0.05, 0) is 66.3 Å². The second-order valence-electron chi connectivity index (χ2n) is 7.41. The molecule has 0 radical (unpaired) electrons. The molecule has 4 rings (SSSR count). The molecule has 2 N–H and O–H groups in total. The van der Waals surface area contributed by atoms with Crippen molar-refractivity contribution in [3.05, 3.63) is 41.0 Å². The lowest BCUT2D eigenvalue weighted by molar-refractivity contribution is 0.182. The molecule has 0 bridgehead atoms. The van der Waals surface area contributed by atoms with Crippen molar-refractivity contribution in [1.82, 2.24) is 4.90 Å². The maximum Gasteiger partial charge on any atom is 0.165 e. The van der Waals surface area contributed by atoms with E-state index < -0.39 is 6.67 Å². The molecule has 2 aromatic rings. The van der Waals surface area contributed by atoms with E-state index in [4.69, 9.17) is 4.74 Å². The van der Waals surface area contributed by atoms with E-state index in [0.717, 1.165) is 43.5 Å². The van der Waals surface area contributed by atoms with E-state index in [-0.39, 0.29) is 25.0 Å². The molecule has 0 saturated heterocycles. The lowest BCUT2D eigenvalue weighted by Gasteiger charge is -2.42. The van der Waals surface area contributed by atoms with E-state index in [9.17, 15) is 14.6 Å². The van der Waals surface area contributed by atoms with Crippen molar-refractivity contribution in [2.75, 3.05) is 26.4 Å². The van der Waals surface area contributed by atoms with Crippen LogP contribution in [0.2, 0.25) is 0 Å². The van der Waals surface area contributed by atoms with Gasteiger partial charge in [-0.1, -0.05) is 20.4 Å². The first-order valence-electron chi connectivity index (χ1n) is 9.77. The minimum Gasteiger partial charge on any atom is -0.504 e. The average Bonchev–Trinajstić information content (AvgIpc) is 2.67. The Morgan fingerprint density at radius 1 is 1.21 bits per heavy atom. The van der Waals surface area contributed by atoms with Gasteiger partial charge in [-0.15, -0.1) is 0 Å². The lowest BCUT2D eigenvalue weighted by Crippen LogP contribution is -2.38. The SMILES string of the molecule is C.CCCN1CCc2cc(OCCCF)cc3c2[C@H]1Cc1ccc(O)c(O)c1-3. The van der Waals surface area contributed by atoms with Crippen LogP contribution in [0.1, 0.15) is 49.9 Å². The average molecular weight is 387 g/mol. The smallest absolute Gasteiger partial charge is 0.165 e. The van der Waals surface area contributed by atoms with E-state index in [2.05, 4.69) is 17.9 Å².